The first-order chi connectivity index (χ1) is 9.69. The molecule has 4 rings (SSSR count). The van der Waals surface area contributed by atoms with Crippen LogP contribution < -0.4 is 4.90 Å². The maximum Gasteiger partial charge on any atom is 0.227 e. The molecule has 1 amide bonds. The molecule has 1 aromatic heterocycles. The van der Waals surface area contributed by atoms with Crippen LogP contribution in [-0.4, -0.2) is 46.5 Å². The van der Waals surface area contributed by atoms with Crippen molar-refractivity contribution in [2.24, 2.45) is 5.92 Å². The number of fused-ring (bicyclic) bond motifs is 4. The predicted octanol–water partition coefficient (Wildman–Crippen LogP) is 1.62. The van der Waals surface area contributed by atoms with Crippen LogP contribution in [0.2, 0.25) is 0 Å². The highest BCUT2D eigenvalue weighted by Crippen LogP contribution is 2.30. The van der Waals surface area contributed by atoms with Crippen molar-refractivity contribution in [1.82, 2.24) is 14.9 Å². The van der Waals surface area contributed by atoms with E-state index in [1.807, 2.05) is 13.0 Å². The number of amides is 1. The van der Waals surface area contributed by atoms with Gasteiger partial charge >= 0.3 is 0 Å². The van der Waals surface area contributed by atoms with Crippen LogP contribution in [0.15, 0.2) is 12.3 Å². The van der Waals surface area contributed by atoms with Crippen molar-refractivity contribution in [3.05, 3.63) is 18.0 Å². The maximum absolute atomic E-state index is 12.5. The number of piperidine rings is 1. The summed E-state index contributed by atoms with van der Waals surface area (Å²) in [5.41, 5.74) is 0.975. The van der Waals surface area contributed by atoms with Crippen molar-refractivity contribution in [2.75, 3.05) is 24.5 Å². The number of aryl methyl sites for hydroxylation is 1. The third kappa shape index (κ3) is 2.37. The maximum atomic E-state index is 12.5. The smallest absolute Gasteiger partial charge is 0.227 e. The van der Waals surface area contributed by atoms with Crippen LogP contribution in [0.3, 0.4) is 0 Å². The zero-order valence-corrected chi connectivity index (χ0v) is 12.2. The summed E-state index contributed by atoms with van der Waals surface area (Å²) in [7, 11) is 0. The van der Waals surface area contributed by atoms with Gasteiger partial charge in [0.25, 0.3) is 0 Å². The average molecular weight is 274 g/mol. The second-order valence-corrected chi connectivity index (χ2v) is 5.86. The van der Waals surface area contributed by atoms with Gasteiger partial charge in [-0.25, -0.2) is 9.97 Å². The molecule has 2 bridgehead atoms. The van der Waals surface area contributed by atoms with Crippen LogP contribution in [0.4, 0.5) is 5.95 Å². The van der Waals surface area contributed by atoms with Crippen molar-refractivity contribution in [3.63, 3.8) is 0 Å². The molecular formula is C15H22N4O. The van der Waals surface area contributed by atoms with E-state index in [0.29, 0.717) is 11.9 Å². The fraction of sp³-hybridized carbons (Fsp3) is 0.667. The molecule has 0 aromatic carbocycles. The van der Waals surface area contributed by atoms with Gasteiger partial charge in [0.15, 0.2) is 0 Å². The minimum atomic E-state index is 0.115. The van der Waals surface area contributed by atoms with Crippen molar-refractivity contribution in [2.45, 2.75) is 39.2 Å². The molecule has 20 heavy (non-hydrogen) atoms. The highest BCUT2D eigenvalue weighted by molar-refractivity contribution is 5.81. The lowest BCUT2D eigenvalue weighted by Crippen LogP contribution is -2.48. The Bertz CT molecular complexity index is 504. The largest absolute Gasteiger partial charge is 0.338 e. The van der Waals surface area contributed by atoms with Gasteiger partial charge in [0, 0.05) is 37.6 Å². The lowest BCUT2D eigenvalue weighted by atomic mass is 9.94. The van der Waals surface area contributed by atoms with E-state index in [4.69, 9.17) is 0 Å². The summed E-state index contributed by atoms with van der Waals surface area (Å²) < 4.78 is 0. The van der Waals surface area contributed by atoms with Gasteiger partial charge in [-0.1, -0.05) is 6.92 Å². The van der Waals surface area contributed by atoms with Crippen LogP contribution in [0.5, 0.6) is 0 Å². The standard InChI is InChI=1S/C15H22N4O/c1-3-8-19-13-5-4-12(14(19)20)9-18(10-13)15-16-7-6-11(2)17-15/h6-7,12-13H,3-5,8-10H2,1-2H3/t12-,13+/m0/s1. The second-order valence-electron chi connectivity index (χ2n) is 5.86. The van der Waals surface area contributed by atoms with Crippen molar-refractivity contribution in [1.29, 1.82) is 0 Å². The van der Waals surface area contributed by atoms with E-state index in [0.717, 1.165) is 50.5 Å². The molecule has 3 aliphatic heterocycles. The van der Waals surface area contributed by atoms with E-state index < -0.39 is 0 Å². The second kappa shape index (κ2) is 5.38. The zero-order chi connectivity index (χ0) is 14.1. The topological polar surface area (TPSA) is 49.3 Å². The summed E-state index contributed by atoms with van der Waals surface area (Å²) in [6.45, 7) is 6.62. The van der Waals surface area contributed by atoms with Gasteiger partial charge in [-0.05, 0) is 32.3 Å². The molecule has 5 nitrogen and oxygen atoms in total. The predicted molar refractivity (Wildman–Crippen MR) is 77.5 cm³/mol. The molecule has 0 unspecified atom stereocenters. The fourth-order valence-corrected chi connectivity index (χ4v) is 3.33. The Morgan fingerprint density at radius 1 is 1.35 bits per heavy atom. The van der Waals surface area contributed by atoms with E-state index in [2.05, 4.69) is 26.7 Å². The molecule has 2 atom stereocenters. The van der Waals surface area contributed by atoms with E-state index in [-0.39, 0.29) is 5.92 Å². The van der Waals surface area contributed by atoms with Gasteiger partial charge < -0.3 is 9.80 Å². The highest BCUT2D eigenvalue weighted by atomic mass is 16.2. The number of anilines is 1. The van der Waals surface area contributed by atoms with Crippen LogP contribution in [-0.2, 0) is 4.79 Å². The minimum absolute atomic E-state index is 0.115. The quantitative estimate of drug-likeness (QED) is 0.840. The zero-order valence-electron chi connectivity index (χ0n) is 12.2. The van der Waals surface area contributed by atoms with Gasteiger partial charge in [-0.2, -0.15) is 0 Å². The lowest BCUT2D eigenvalue weighted by molar-refractivity contribution is -0.139. The monoisotopic (exact) mass is 274 g/mol. The number of rotatable bonds is 3. The molecule has 0 spiro atoms. The third-order valence-electron chi connectivity index (χ3n) is 4.32. The SMILES string of the molecule is CCCN1C(=O)[C@H]2CC[C@@H]1CN(c1nccc(C)n1)C2. The van der Waals surface area contributed by atoms with Crippen molar-refractivity contribution >= 4 is 11.9 Å². The molecule has 0 N–H and O–H groups in total. The molecule has 0 radical (unpaired) electrons. The van der Waals surface area contributed by atoms with Gasteiger partial charge in [-0.15, -0.1) is 0 Å². The normalized spacial score (nSPS) is 26.0. The Morgan fingerprint density at radius 2 is 2.20 bits per heavy atom. The number of hydrogen-bond acceptors (Lipinski definition) is 4. The van der Waals surface area contributed by atoms with Crippen LogP contribution in [0.1, 0.15) is 31.9 Å². The summed E-state index contributed by atoms with van der Waals surface area (Å²) in [4.78, 5) is 25.7. The Balaban J connectivity index is 1.85. The third-order valence-corrected chi connectivity index (χ3v) is 4.32. The molecule has 0 saturated carbocycles. The van der Waals surface area contributed by atoms with Gasteiger partial charge in [0.05, 0.1) is 5.92 Å². The highest BCUT2D eigenvalue weighted by Gasteiger charge is 2.40. The number of nitrogens with zero attached hydrogens (tertiary/aromatic N) is 4. The number of carbonyl (C=O) groups is 1. The average Bonchev–Trinajstić information content (AvgIpc) is 2.72. The number of aromatic nitrogens is 2. The van der Waals surface area contributed by atoms with E-state index >= 15 is 0 Å². The molecule has 3 saturated heterocycles. The fourth-order valence-electron chi connectivity index (χ4n) is 3.33. The first-order valence-electron chi connectivity index (χ1n) is 7.54. The van der Waals surface area contributed by atoms with Gasteiger partial charge in [-0.3, -0.25) is 4.79 Å². The summed E-state index contributed by atoms with van der Waals surface area (Å²) in [5, 5.41) is 0. The summed E-state index contributed by atoms with van der Waals surface area (Å²) in [6.07, 6.45) is 4.94. The first kappa shape index (κ1) is 13.3. The lowest BCUT2D eigenvalue weighted by Gasteiger charge is -2.35. The Kier molecular flexibility index (Phi) is 3.59. The van der Waals surface area contributed by atoms with E-state index in [9.17, 15) is 4.79 Å². The molecule has 1 aromatic rings. The molecule has 108 valence electrons. The van der Waals surface area contributed by atoms with Crippen molar-refractivity contribution in [3.8, 4) is 0 Å². The van der Waals surface area contributed by atoms with Crippen LogP contribution >= 0.6 is 0 Å². The minimum Gasteiger partial charge on any atom is -0.338 e. The van der Waals surface area contributed by atoms with Crippen LogP contribution in [0.25, 0.3) is 0 Å². The molecular weight excluding hydrogens is 252 g/mol. The van der Waals surface area contributed by atoms with E-state index in [1.54, 1.807) is 6.20 Å². The number of hydrogen-bond donors (Lipinski definition) is 0. The summed E-state index contributed by atoms with van der Waals surface area (Å²) in [6, 6.07) is 2.23. The van der Waals surface area contributed by atoms with Crippen molar-refractivity contribution < 1.29 is 4.79 Å². The summed E-state index contributed by atoms with van der Waals surface area (Å²) in [5.74, 6) is 1.22. The summed E-state index contributed by atoms with van der Waals surface area (Å²) >= 11 is 0. The molecule has 4 heterocycles. The Hall–Kier alpha value is -1.65. The van der Waals surface area contributed by atoms with Gasteiger partial charge in [0.1, 0.15) is 0 Å². The first-order valence-corrected chi connectivity index (χ1v) is 7.54. The molecule has 5 heteroatoms. The molecule has 0 aliphatic carbocycles. The van der Waals surface area contributed by atoms with Gasteiger partial charge in [0.2, 0.25) is 11.9 Å². The van der Waals surface area contributed by atoms with E-state index in [1.165, 1.54) is 0 Å². The van der Waals surface area contributed by atoms with Crippen LogP contribution in [0, 0.1) is 12.8 Å². The number of carbonyl (C=O) groups excluding carboxylic acids is 1. The molecule has 3 aliphatic rings. The Labute approximate surface area is 120 Å². The Morgan fingerprint density at radius 3 is 2.95 bits per heavy atom. The molecule has 3 fully saturated rings.